The van der Waals surface area contributed by atoms with Gasteiger partial charge in [0.2, 0.25) is 5.89 Å². The molecule has 2 N–H and O–H groups in total. The summed E-state index contributed by atoms with van der Waals surface area (Å²) in [5.74, 6) is 0.354. The average molecular weight is 473 g/mol. The molecule has 2 aromatic carbocycles. The van der Waals surface area contributed by atoms with E-state index in [1.54, 1.807) is 13.0 Å². The Morgan fingerprint density at radius 2 is 1.85 bits per heavy atom. The van der Waals surface area contributed by atoms with Crippen LogP contribution in [-0.2, 0) is 10.0 Å². The number of halogens is 1. The second kappa shape index (κ2) is 8.93. The summed E-state index contributed by atoms with van der Waals surface area (Å²) < 4.78 is 46.6. The Kier molecular flexibility index (Phi) is 6.20. The highest BCUT2D eigenvalue weighted by Crippen LogP contribution is 2.38. The van der Waals surface area contributed by atoms with Crippen LogP contribution in [0.15, 0.2) is 51.9 Å². The maximum absolute atomic E-state index is 13.1. The molecule has 4 rings (SSSR count). The van der Waals surface area contributed by atoms with Crippen LogP contribution in [0.4, 0.5) is 10.1 Å². The van der Waals surface area contributed by atoms with E-state index in [-0.39, 0.29) is 22.1 Å². The standard InChI is InChI=1S/C23H25FN4O4S/c1-13(2)20(23-26-21(27-32-23)15-5-6-15)25-22(29)19-12-18(11-4-14(19)3)33(30,31)28-17-9-7-16(24)8-10-17/h4,7-13,15,20,28H,5-6H2,1-3H3,(H,25,29). The van der Waals surface area contributed by atoms with Gasteiger partial charge in [-0.3, -0.25) is 9.52 Å². The molecule has 8 nitrogen and oxygen atoms in total. The summed E-state index contributed by atoms with van der Waals surface area (Å²) in [5, 5.41) is 6.93. The number of nitrogens with zero attached hydrogens (tertiary/aromatic N) is 2. The number of hydrogen-bond acceptors (Lipinski definition) is 6. The van der Waals surface area contributed by atoms with Gasteiger partial charge in [0.15, 0.2) is 5.82 Å². The van der Waals surface area contributed by atoms with E-state index >= 15 is 0 Å². The van der Waals surface area contributed by atoms with Gasteiger partial charge < -0.3 is 9.84 Å². The maximum Gasteiger partial charge on any atom is 0.261 e. The van der Waals surface area contributed by atoms with Gasteiger partial charge in [0, 0.05) is 17.2 Å². The van der Waals surface area contributed by atoms with Gasteiger partial charge in [-0.1, -0.05) is 25.1 Å². The summed E-state index contributed by atoms with van der Waals surface area (Å²) >= 11 is 0. The number of aryl methyl sites for hydroxylation is 1. The lowest BCUT2D eigenvalue weighted by atomic mass is 10.0. The number of anilines is 1. The van der Waals surface area contributed by atoms with Crippen molar-refractivity contribution in [3.8, 4) is 0 Å². The summed E-state index contributed by atoms with van der Waals surface area (Å²) in [4.78, 5) is 17.5. The molecule has 0 bridgehead atoms. The van der Waals surface area contributed by atoms with Gasteiger partial charge in [-0.25, -0.2) is 12.8 Å². The highest BCUT2D eigenvalue weighted by Gasteiger charge is 2.32. The SMILES string of the molecule is Cc1ccc(S(=O)(=O)Nc2ccc(F)cc2)cc1C(=O)NC(c1nc(C2CC2)no1)C(C)C. The minimum absolute atomic E-state index is 0.0335. The Labute approximate surface area is 191 Å². The van der Waals surface area contributed by atoms with Crippen LogP contribution in [0.5, 0.6) is 0 Å². The molecule has 0 radical (unpaired) electrons. The van der Waals surface area contributed by atoms with E-state index in [4.69, 9.17) is 4.52 Å². The summed E-state index contributed by atoms with van der Waals surface area (Å²) in [6.07, 6.45) is 2.06. The molecule has 1 aliphatic carbocycles. The first-order chi connectivity index (χ1) is 15.6. The molecule has 10 heteroatoms. The van der Waals surface area contributed by atoms with Gasteiger partial charge in [-0.05, 0) is 67.6 Å². The highest BCUT2D eigenvalue weighted by atomic mass is 32.2. The van der Waals surface area contributed by atoms with Gasteiger partial charge >= 0.3 is 0 Å². The van der Waals surface area contributed by atoms with E-state index in [0.29, 0.717) is 23.2 Å². The molecule has 1 saturated carbocycles. The zero-order valence-corrected chi connectivity index (χ0v) is 19.3. The number of hydrogen-bond donors (Lipinski definition) is 2. The van der Waals surface area contributed by atoms with Gasteiger partial charge in [0.05, 0.1) is 4.90 Å². The van der Waals surface area contributed by atoms with Crippen molar-refractivity contribution < 1.29 is 22.1 Å². The highest BCUT2D eigenvalue weighted by molar-refractivity contribution is 7.92. The predicted octanol–water partition coefficient (Wildman–Crippen LogP) is 4.32. The van der Waals surface area contributed by atoms with Crippen LogP contribution in [0.25, 0.3) is 0 Å². The van der Waals surface area contributed by atoms with Crippen LogP contribution in [0.3, 0.4) is 0 Å². The smallest absolute Gasteiger partial charge is 0.261 e. The quantitative estimate of drug-likeness (QED) is 0.505. The first-order valence-corrected chi connectivity index (χ1v) is 12.2. The van der Waals surface area contributed by atoms with Crippen molar-refractivity contribution in [1.29, 1.82) is 0 Å². The number of sulfonamides is 1. The summed E-state index contributed by atoms with van der Waals surface area (Å²) in [7, 11) is -3.99. The number of nitrogens with one attached hydrogen (secondary N) is 2. The number of benzene rings is 2. The minimum Gasteiger partial charge on any atom is -0.340 e. The van der Waals surface area contributed by atoms with E-state index in [2.05, 4.69) is 20.2 Å². The van der Waals surface area contributed by atoms with Crippen molar-refractivity contribution >= 4 is 21.6 Å². The van der Waals surface area contributed by atoms with Crippen molar-refractivity contribution in [3.63, 3.8) is 0 Å². The second-order valence-electron chi connectivity index (χ2n) is 8.55. The van der Waals surface area contributed by atoms with E-state index in [1.807, 2.05) is 13.8 Å². The van der Waals surface area contributed by atoms with E-state index in [0.717, 1.165) is 25.0 Å². The summed E-state index contributed by atoms with van der Waals surface area (Å²) in [6, 6.07) is 8.74. The Bertz CT molecular complexity index is 1270. The van der Waals surface area contributed by atoms with Crippen LogP contribution >= 0.6 is 0 Å². The topological polar surface area (TPSA) is 114 Å². The molecule has 1 aromatic heterocycles. The molecule has 1 fully saturated rings. The summed E-state index contributed by atoms with van der Waals surface area (Å²) in [5.41, 5.74) is 1.04. The Hall–Kier alpha value is -3.27. The van der Waals surface area contributed by atoms with Crippen LogP contribution in [0.1, 0.15) is 66.3 Å². The van der Waals surface area contributed by atoms with Gasteiger partial charge in [-0.2, -0.15) is 4.98 Å². The Morgan fingerprint density at radius 3 is 2.48 bits per heavy atom. The lowest BCUT2D eigenvalue weighted by Crippen LogP contribution is -2.32. The van der Waals surface area contributed by atoms with Crippen LogP contribution < -0.4 is 10.0 Å². The average Bonchev–Trinajstić information content (AvgIpc) is 3.50. The molecule has 0 spiro atoms. The molecule has 1 aliphatic rings. The molecule has 1 heterocycles. The van der Waals surface area contributed by atoms with Gasteiger partial charge in [0.25, 0.3) is 15.9 Å². The first-order valence-electron chi connectivity index (χ1n) is 10.7. The predicted molar refractivity (Wildman–Crippen MR) is 120 cm³/mol. The fourth-order valence-corrected chi connectivity index (χ4v) is 4.44. The molecule has 1 amide bonds. The van der Waals surface area contributed by atoms with Crippen LogP contribution in [0.2, 0.25) is 0 Å². The molecule has 0 saturated heterocycles. The number of rotatable bonds is 8. The van der Waals surface area contributed by atoms with Crippen molar-refractivity contribution in [3.05, 3.63) is 71.1 Å². The molecule has 1 unspecified atom stereocenters. The largest absolute Gasteiger partial charge is 0.340 e. The fraction of sp³-hybridized carbons (Fsp3) is 0.348. The number of carbonyl (C=O) groups is 1. The van der Waals surface area contributed by atoms with Crippen molar-refractivity contribution in [2.45, 2.75) is 50.5 Å². The Balaban J connectivity index is 1.56. The van der Waals surface area contributed by atoms with Crippen molar-refractivity contribution in [2.24, 2.45) is 5.92 Å². The van der Waals surface area contributed by atoms with Crippen molar-refractivity contribution in [2.75, 3.05) is 4.72 Å². The van der Waals surface area contributed by atoms with E-state index < -0.39 is 27.8 Å². The molecular weight excluding hydrogens is 447 g/mol. The van der Waals surface area contributed by atoms with E-state index in [1.165, 1.54) is 24.3 Å². The minimum atomic E-state index is -3.99. The van der Waals surface area contributed by atoms with Gasteiger partial charge in [-0.15, -0.1) is 0 Å². The molecule has 174 valence electrons. The molecular formula is C23H25FN4O4S. The third-order valence-electron chi connectivity index (χ3n) is 5.48. The van der Waals surface area contributed by atoms with Crippen LogP contribution in [0, 0.1) is 18.7 Å². The zero-order chi connectivity index (χ0) is 23.8. The lowest BCUT2D eigenvalue weighted by molar-refractivity contribution is 0.0913. The molecule has 0 aliphatic heterocycles. The van der Waals surface area contributed by atoms with E-state index in [9.17, 15) is 17.6 Å². The third kappa shape index (κ3) is 5.22. The molecule has 1 atom stereocenters. The van der Waals surface area contributed by atoms with Crippen molar-refractivity contribution in [1.82, 2.24) is 15.5 Å². The number of amides is 1. The fourth-order valence-electron chi connectivity index (χ4n) is 3.36. The molecule has 3 aromatic rings. The Morgan fingerprint density at radius 1 is 1.15 bits per heavy atom. The zero-order valence-electron chi connectivity index (χ0n) is 18.5. The van der Waals surface area contributed by atoms with Gasteiger partial charge in [0.1, 0.15) is 11.9 Å². The second-order valence-corrected chi connectivity index (χ2v) is 10.2. The maximum atomic E-state index is 13.1. The normalized spacial score (nSPS) is 14.8. The molecule has 33 heavy (non-hydrogen) atoms. The third-order valence-corrected chi connectivity index (χ3v) is 6.86. The number of aromatic nitrogens is 2. The summed E-state index contributed by atoms with van der Waals surface area (Å²) in [6.45, 7) is 5.57. The monoisotopic (exact) mass is 472 g/mol. The van der Waals surface area contributed by atoms with Crippen LogP contribution in [-0.4, -0.2) is 24.5 Å². The number of carbonyl (C=O) groups excluding carboxylic acids is 1. The lowest BCUT2D eigenvalue weighted by Gasteiger charge is -2.19. The first kappa shape index (κ1) is 22.9.